The van der Waals surface area contributed by atoms with Gasteiger partial charge in [-0.05, 0) is 12.8 Å². The fourth-order valence-corrected chi connectivity index (χ4v) is 1.74. The zero-order valence-electron chi connectivity index (χ0n) is 8.39. The Morgan fingerprint density at radius 2 is 1.38 bits per heavy atom. The molecular weight excluding hydrogens is 174 g/mol. The second-order valence-electron chi connectivity index (χ2n) is 3.48. The summed E-state index contributed by atoms with van der Waals surface area (Å²) in [4.78, 5) is 2.53. The molecule has 1 heterocycles. The van der Waals surface area contributed by atoms with Crippen LogP contribution in [0.15, 0.2) is 0 Å². The Kier molecular flexibility index (Phi) is 3.62. The fraction of sp³-hybridized carbons (Fsp3) is 1.00. The maximum absolute atomic E-state index is 13.5. The van der Waals surface area contributed by atoms with Gasteiger partial charge in [0.05, 0.1) is 0 Å². The molecule has 0 aliphatic carbocycles. The van der Waals surface area contributed by atoms with Crippen LogP contribution in [0, 0.1) is 0 Å². The van der Waals surface area contributed by atoms with Crippen LogP contribution in [0.25, 0.3) is 0 Å². The summed E-state index contributed by atoms with van der Waals surface area (Å²) in [6.45, 7) is 5.85. The molecule has 78 valence electrons. The third-order valence-corrected chi connectivity index (χ3v) is 2.39. The Bertz CT molecular complexity index is 146. The highest BCUT2D eigenvalue weighted by molar-refractivity contribution is 4.80. The first kappa shape index (κ1) is 10.9. The fourth-order valence-electron chi connectivity index (χ4n) is 1.74. The van der Waals surface area contributed by atoms with Gasteiger partial charge >= 0.3 is 6.17 Å². The van der Waals surface area contributed by atoms with E-state index in [9.17, 15) is 8.78 Å². The van der Waals surface area contributed by atoms with Crippen molar-refractivity contribution in [2.45, 2.75) is 32.9 Å². The number of nitrogens with zero attached hydrogens (tertiary/aromatic N) is 2. The first-order valence-electron chi connectivity index (χ1n) is 5.00. The number of rotatable bonds is 4. The number of hydrogen-bond acceptors (Lipinski definition) is 2. The van der Waals surface area contributed by atoms with Crippen LogP contribution in [0.2, 0.25) is 0 Å². The van der Waals surface area contributed by atoms with Crippen LogP contribution >= 0.6 is 0 Å². The molecule has 0 bridgehead atoms. The molecule has 1 rings (SSSR count). The van der Waals surface area contributed by atoms with Crippen molar-refractivity contribution in [2.75, 3.05) is 26.2 Å². The Hall–Kier alpha value is -0.220. The van der Waals surface area contributed by atoms with Gasteiger partial charge in [0, 0.05) is 26.2 Å². The van der Waals surface area contributed by atoms with Crippen molar-refractivity contribution in [3.8, 4) is 0 Å². The molecule has 13 heavy (non-hydrogen) atoms. The summed E-state index contributed by atoms with van der Waals surface area (Å²) in [6.07, 6.45) is -1.13. The molecule has 1 aliphatic rings. The quantitative estimate of drug-likeness (QED) is 0.628. The summed E-state index contributed by atoms with van der Waals surface area (Å²) in [7, 11) is 0. The molecule has 1 fully saturated rings. The molecule has 0 spiro atoms. The smallest absolute Gasteiger partial charge is 0.229 e. The number of alkyl halides is 2. The van der Waals surface area contributed by atoms with Gasteiger partial charge in [-0.15, -0.1) is 0 Å². The van der Waals surface area contributed by atoms with Crippen molar-refractivity contribution >= 4 is 0 Å². The first-order valence-corrected chi connectivity index (χ1v) is 5.00. The molecule has 0 aromatic rings. The molecule has 0 radical (unpaired) electrons. The van der Waals surface area contributed by atoms with Gasteiger partial charge < -0.3 is 0 Å². The van der Waals surface area contributed by atoms with Gasteiger partial charge in [0.15, 0.2) is 0 Å². The van der Waals surface area contributed by atoms with Crippen molar-refractivity contribution in [1.29, 1.82) is 0 Å². The Labute approximate surface area is 78.5 Å². The van der Waals surface area contributed by atoms with Crippen LogP contribution in [0.5, 0.6) is 0 Å². The van der Waals surface area contributed by atoms with Crippen LogP contribution in [0.4, 0.5) is 8.78 Å². The zero-order chi connectivity index (χ0) is 9.90. The summed E-state index contributed by atoms with van der Waals surface area (Å²) < 4.78 is 27.0. The number of halogens is 2. The van der Waals surface area contributed by atoms with E-state index in [1.54, 1.807) is 0 Å². The zero-order valence-corrected chi connectivity index (χ0v) is 8.39. The third-order valence-electron chi connectivity index (χ3n) is 2.39. The molecule has 0 N–H and O–H groups in total. The largest absolute Gasteiger partial charge is 0.369 e. The average molecular weight is 192 g/mol. The maximum Gasteiger partial charge on any atom is 0.369 e. The van der Waals surface area contributed by atoms with Crippen molar-refractivity contribution in [1.82, 2.24) is 9.80 Å². The van der Waals surface area contributed by atoms with Gasteiger partial charge in [-0.2, -0.15) is 8.78 Å². The van der Waals surface area contributed by atoms with E-state index in [0.29, 0.717) is 26.2 Å². The Balaban J connectivity index is 2.54. The molecule has 0 unspecified atom stereocenters. The molecule has 0 aromatic heterocycles. The van der Waals surface area contributed by atoms with Crippen LogP contribution < -0.4 is 0 Å². The minimum atomic E-state index is -2.70. The predicted octanol–water partition coefficient (Wildman–Crippen LogP) is 1.97. The molecular formula is C9H18F2N2. The van der Waals surface area contributed by atoms with E-state index >= 15 is 0 Å². The SMILES string of the molecule is CCCN1CCN(CCC)C1(F)F. The van der Waals surface area contributed by atoms with Gasteiger partial charge in [-0.3, -0.25) is 0 Å². The van der Waals surface area contributed by atoms with E-state index in [0.717, 1.165) is 12.8 Å². The second-order valence-corrected chi connectivity index (χ2v) is 3.48. The van der Waals surface area contributed by atoms with E-state index in [-0.39, 0.29) is 0 Å². The highest BCUT2D eigenvalue weighted by atomic mass is 19.3. The van der Waals surface area contributed by atoms with E-state index in [4.69, 9.17) is 0 Å². The van der Waals surface area contributed by atoms with Crippen LogP contribution in [0.1, 0.15) is 26.7 Å². The normalized spacial score (nSPS) is 24.0. The molecule has 0 aromatic carbocycles. The molecule has 0 amide bonds. The van der Waals surface area contributed by atoms with E-state index < -0.39 is 6.17 Å². The Morgan fingerprint density at radius 3 is 1.69 bits per heavy atom. The predicted molar refractivity (Wildman–Crippen MR) is 48.7 cm³/mol. The lowest BCUT2D eigenvalue weighted by atomic mass is 10.4. The van der Waals surface area contributed by atoms with E-state index in [1.165, 1.54) is 9.80 Å². The molecule has 0 atom stereocenters. The first-order chi connectivity index (χ1) is 6.12. The number of hydrogen-bond donors (Lipinski definition) is 0. The lowest BCUT2D eigenvalue weighted by molar-refractivity contribution is -0.209. The summed E-state index contributed by atoms with van der Waals surface area (Å²) in [5.74, 6) is 0. The third kappa shape index (κ3) is 2.17. The summed E-state index contributed by atoms with van der Waals surface area (Å²) >= 11 is 0. The summed E-state index contributed by atoms with van der Waals surface area (Å²) in [5.41, 5.74) is 0. The second kappa shape index (κ2) is 4.33. The molecule has 0 saturated carbocycles. The molecule has 1 aliphatic heterocycles. The average Bonchev–Trinajstić information content (AvgIpc) is 2.33. The lowest BCUT2D eigenvalue weighted by Crippen LogP contribution is -2.46. The molecule has 1 saturated heterocycles. The molecule has 2 nitrogen and oxygen atoms in total. The van der Waals surface area contributed by atoms with Crippen molar-refractivity contribution < 1.29 is 8.78 Å². The van der Waals surface area contributed by atoms with Crippen LogP contribution in [-0.2, 0) is 0 Å². The van der Waals surface area contributed by atoms with Crippen molar-refractivity contribution in [3.05, 3.63) is 0 Å². The van der Waals surface area contributed by atoms with Crippen LogP contribution in [0.3, 0.4) is 0 Å². The monoisotopic (exact) mass is 192 g/mol. The van der Waals surface area contributed by atoms with Crippen molar-refractivity contribution in [2.24, 2.45) is 0 Å². The topological polar surface area (TPSA) is 6.48 Å². The minimum absolute atomic E-state index is 0.493. The van der Waals surface area contributed by atoms with Gasteiger partial charge in [0.25, 0.3) is 0 Å². The van der Waals surface area contributed by atoms with E-state index in [1.807, 2.05) is 13.8 Å². The maximum atomic E-state index is 13.5. The van der Waals surface area contributed by atoms with Crippen LogP contribution in [-0.4, -0.2) is 42.1 Å². The Morgan fingerprint density at radius 1 is 1.00 bits per heavy atom. The van der Waals surface area contributed by atoms with Gasteiger partial charge in [0.1, 0.15) is 0 Å². The lowest BCUT2D eigenvalue weighted by Gasteiger charge is -2.28. The van der Waals surface area contributed by atoms with Gasteiger partial charge in [-0.1, -0.05) is 13.8 Å². The summed E-state index contributed by atoms with van der Waals surface area (Å²) in [5, 5.41) is 0. The van der Waals surface area contributed by atoms with Gasteiger partial charge in [-0.25, -0.2) is 9.80 Å². The van der Waals surface area contributed by atoms with E-state index in [2.05, 4.69) is 0 Å². The standard InChI is InChI=1S/C9H18F2N2/c1-3-5-12-7-8-13(6-4-2)9(12,10)11/h3-8H2,1-2H3. The summed E-state index contributed by atoms with van der Waals surface area (Å²) in [6, 6.07) is 0. The van der Waals surface area contributed by atoms with Crippen molar-refractivity contribution in [3.63, 3.8) is 0 Å². The van der Waals surface area contributed by atoms with Gasteiger partial charge in [0.2, 0.25) is 0 Å². The highest BCUT2D eigenvalue weighted by Gasteiger charge is 2.47. The molecule has 4 heteroatoms. The minimum Gasteiger partial charge on any atom is -0.229 e. The highest BCUT2D eigenvalue weighted by Crippen LogP contribution is 2.29.